The van der Waals surface area contributed by atoms with Gasteiger partial charge in [-0.15, -0.1) is 0 Å². The molecule has 0 heterocycles. The van der Waals surface area contributed by atoms with Crippen LogP contribution in [0.25, 0.3) is 22.3 Å². The van der Waals surface area contributed by atoms with E-state index in [0.29, 0.717) is 55.0 Å². The molecule has 6 aliphatic carbocycles. The van der Waals surface area contributed by atoms with Gasteiger partial charge in [-0.3, -0.25) is 0 Å². The Hall–Kier alpha value is -6.68. The van der Waals surface area contributed by atoms with Crippen LogP contribution in [0, 0.1) is 102 Å². The van der Waals surface area contributed by atoms with E-state index in [-0.39, 0.29) is 28.9 Å². The molecule has 7 aromatic rings. The molecule has 6 aliphatic rings. The third-order valence-corrected chi connectivity index (χ3v) is 27.3. The minimum absolute atomic E-state index is 0.00248. The van der Waals surface area contributed by atoms with E-state index in [1.54, 1.807) is 37.6 Å². The van der Waals surface area contributed by atoms with Gasteiger partial charge in [0, 0.05) is 5.56 Å². The van der Waals surface area contributed by atoms with Gasteiger partial charge in [-0.05, 0) is 316 Å². The maximum absolute atomic E-state index is 14.6. The minimum atomic E-state index is -0.957. The van der Waals surface area contributed by atoms with Crippen LogP contribution in [-0.4, -0.2) is 26.4 Å². The predicted molar refractivity (Wildman–Crippen MR) is 474 cm³/mol. The normalized spacial score (nSPS) is 23.3. The fourth-order valence-electron chi connectivity index (χ4n) is 20.2. The van der Waals surface area contributed by atoms with Crippen molar-refractivity contribution < 1.29 is 45.3 Å². The first kappa shape index (κ1) is 93.2. The molecule has 0 aliphatic heterocycles. The summed E-state index contributed by atoms with van der Waals surface area (Å²) in [5.74, 6) is 4.39. The molecule has 4 nitrogen and oxygen atoms in total. The highest BCUT2D eigenvalue weighted by Gasteiger charge is 2.34. The van der Waals surface area contributed by atoms with Gasteiger partial charge in [-0.2, -0.15) is 17.6 Å². The van der Waals surface area contributed by atoms with Crippen molar-refractivity contribution in [1.29, 1.82) is 0 Å². The molecule has 0 N–H and O–H groups in total. The summed E-state index contributed by atoms with van der Waals surface area (Å²) in [4.78, 5) is 0. The van der Waals surface area contributed by atoms with Gasteiger partial charge in [-0.25, -0.2) is 8.78 Å². The van der Waals surface area contributed by atoms with Gasteiger partial charge in [0.05, 0.1) is 26.4 Å². The van der Waals surface area contributed by atoms with Crippen LogP contribution in [0.1, 0.15) is 344 Å². The second-order valence-corrected chi connectivity index (χ2v) is 35.7. The third-order valence-electron chi connectivity index (χ3n) is 27.3. The van der Waals surface area contributed by atoms with E-state index in [1.807, 2.05) is 19.1 Å². The van der Waals surface area contributed by atoms with Crippen molar-refractivity contribution in [1.82, 2.24) is 0 Å². The van der Waals surface area contributed by atoms with E-state index >= 15 is 0 Å². The van der Waals surface area contributed by atoms with Crippen LogP contribution in [0.4, 0.5) is 26.3 Å². The summed E-state index contributed by atoms with van der Waals surface area (Å²) in [5, 5.41) is 0. The molecule has 13 rings (SSSR count). The van der Waals surface area contributed by atoms with E-state index in [4.69, 9.17) is 18.9 Å². The van der Waals surface area contributed by atoms with Gasteiger partial charge in [0.2, 0.25) is 23.3 Å². The van der Waals surface area contributed by atoms with Crippen LogP contribution >= 0.6 is 0 Å². The standard InChI is InChI=1S/C25H32F2O.C24H36F2O2.C22H34.C18H22.C17H24F2O/c1-3-5-17-28-23-16-15-22(24(26)25(23)27)21-13-11-20(12-14-21)19-9-7-18(6-4-2)8-10-19;1-3-5-17-6-10-19(11-7-17)20-12-8-18(9-13-20)16-28-22-15-14-21(27-4-2)23(25)24(22)26;1-3-4-18-7-11-20(12-8-18)22-15-13-21(14-16-22)19-9-5-17(2)6-10-19;1-3-4-5-6-16-9-13-18(14-10-16)17-11-7-15(2)8-12-17;1-3-5-12-6-8-13(9-7-12)14-10-11-15(20-4-2)17(19)16(14)18/h11-16,18-19H,3-10,17H2,1-2H3;14-15,17-20H,3-13,16H2,1-2H3;5-6,9-10,18,20-22H,3-4,7-8,11-16H2,1-2H3;7-14H,3-6H2,1-2H3;10-13H,3-9H2,1-2H3. The number of benzene rings is 7. The highest BCUT2D eigenvalue weighted by atomic mass is 19.2. The van der Waals surface area contributed by atoms with Crippen LogP contribution in [0.2, 0.25) is 0 Å². The Bertz CT molecular complexity index is 3840. The molecule has 0 unspecified atom stereocenters. The zero-order chi connectivity index (χ0) is 82.6. The second-order valence-electron chi connectivity index (χ2n) is 35.7. The summed E-state index contributed by atoms with van der Waals surface area (Å²) in [7, 11) is 0. The number of hydrogen-bond donors (Lipinski definition) is 0. The smallest absolute Gasteiger partial charge is 0.204 e. The molecule has 0 spiro atoms. The van der Waals surface area contributed by atoms with E-state index < -0.39 is 34.9 Å². The highest BCUT2D eigenvalue weighted by Crippen LogP contribution is 2.47. The van der Waals surface area contributed by atoms with Crippen molar-refractivity contribution in [2.75, 3.05) is 26.4 Å². The topological polar surface area (TPSA) is 36.9 Å². The summed E-state index contributed by atoms with van der Waals surface area (Å²) >= 11 is 0. The number of hydrogen-bond acceptors (Lipinski definition) is 4. The maximum Gasteiger partial charge on any atom is 0.204 e. The van der Waals surface area contributed by atoms with Crippen LogP contribution in [0.15, 0.2) is 133 Å². The van der Waals surface area contributed by atoms with Crippen molar-refractivity contribution >= 4 is 0 Å². The lowest BCUT2D eigenvalue weighted by Crippen LogP contribution is -2.27. The largest absolute Gasteiger partial charge is 0.491 e. The number of unbranched alkanes of at least 4 members (excludes halogenated alkanes) is 3. The molecule has 638 valence electrons. The Morgan fingerprint density at radius 1 is 0.276 bits per heavy atom. The number of rotatable bonds is 30. The Kier molecular flexibility index (Phi) is 40.5. The first-order valence-electron chi connectivity index (χ1n) is 46.8. The Balaban J connectivity index is 0.000000167. The lowest BCUT2D eigenvalue weighted by atomic mass is 9.68. The molecule has 6 saturated carbocycles. The van der Waals surface area contributed by atoms with Gasteiger partial charge < -0.3 is 18.9 Å². The second kappa shape index (κ2) is 50.4. The summed E-state index contributed by atoms with van der Waals surface area (Å²) in [5.41, 5.74) is 11.2. The van der Waals surface area contributed by atoms with E-state index in [1.165, 1.54) is 244 Å². The summed E-state index contributed by atoms with van der Waals surface area (Å²) < 4.78 is 106. The molecule has 0 radical (unpaired) electrons. The number of aryl methyl sites for hydroxylation is 3. The average molecular weight is 1600 g/mol. The highest BCUT2D eigenvalue weighted by molar-refractivity contribution is 5.66. The van der Waals surface area contributed by atoms with Crippen molar-refractivity contribution in [2.24, 2.45) is 53.3 Å². The molecule has 10 heteroatoms. The van der Waals surface area contributed by atoms with Crippen molar-refractivity contribution in [3.8, 4) is 45.3 Å². The molecule has 7 aromatic carbocycles. The average Bonchev–Trinajstić information content (AvgIpc) is 0.814. The van der Waals surface area contributed by atoms with E-state index in [2.05, 4.69) is 133 Å². The monoisotopic (exact) mass is 1600 g/mol. The van der Waals surface area contributed by atoms with E-state index in [9.17, 15) is 26.3 Å². The van der Waals surface area contributed by atoms with Crippen LogP contribution in [0.3, 0.4) is 0 Å². The Morgan fingerprint density at radius 2 is 0.612 bits per heavy atom. The van der Waals surface area contributed by atoms with Crippen LogP contribution in [-0.2, 0) is 6.42 Å². The fourth-order valence-corrected chi connectivity index (χ4v) is 20.2. The predicted octanol–water partition coefficient (Wildman–Crippen LogP) is 32.7. The van der Waals surface area contributed by atoms with Gasteiger partial charge in [0.1, 0.15) is 0 Å². The molecule has 0 saturated heterocycles. The first-order valence-corrected chi connectivity index (χ1v) is 46.8. The minimum Gasteiger partial charge on any atom is -0.491 e. The molecule has 0 aromatic heterocycles. The van der Waals surface area contributed by atoms with Gasteiger partial charge >= 0.3 is 0 Å². The lowest BCUT2D eigenvalue weighted by Gasteiger charge is -2.38. The first-order chi connectivity index (χ1) is 56.5. The molecule has 116 heavy (non-hydrogen) atoms. The van der Waals surface area contributed by atoms with Gasteiger partial charge in [0.15, 0.2) is 34.6 Å². The maximum atomic E-state index is 14.6. The van der Waals surface area contributed by atoms with Crippen molar-refractivity contribution in [2.45, 2.75) is 331 Å². The van der Waals surface area contributed by atoms with Crippen molar-refractivity contribution in [3.05, 3.63) is 202 Å². The van der Waals surface area contributed by atoms with Gasteiger partial charge in [0.25, 0.3) is 0 Å². The molecule has 0 amide bonds. The molecule has 6 fully saturated rings. The molecule has 0 atom stereocenters. The fraction of sp³-hybridized carbons (Fsp3) is 0.604. The van der Waals surface area contributed by atoms with Crippen LogP contribution < -0.4 is 18.9 Å². The van der Waals surface area contributed by atoms with Gasteiger partial charge in [-0.1, -0.05) is 252 Å². The summed E-state index contributed by atoms with van der Waals surface area (Å²) in [6.45, 7) is 22.7. The van der Waals surface area contributed by atoms with Crippen molar-refractivity contribution in [3.63, 3.8) is 0 Å². The Labute approximate surface area is 699 Å². The zero-order valence-corrected chi connectivity index (χ0v) is 73.2. The summed E-state index contributed by atoms with van der Waals surface area (Å²) in [6, 6.07) is 44.4. The van der Waals surface area contributed by atoms with Crippen LogP contribution in [0.5, 0.6) is 23.0 Å². The molecule has 0 bridgehead atoms. The molecular formula is C106H148F6O4. The lowest BCUT2D eigenvalue weighted by molar-refractivity contribution is 0.120. The molecular weight excluding hydrogens is 1450 g/mol. The quantitative estimate of drug-likeness (QED) is 0.0332. The number of halogens is 6. The summed E-state index contributed by atoms with van der Waals surface area (Å²) in [6.07, 6.45) is 49.3. The van der Waals surface area contributed by atoms with E-state index in [0.717, 1.165) is 105 Å². The SMILES string of the molecule is CCCC1CCC(C2CCC(COc3ccc(OCC)c(F)c3F)CC2)CC1.CCCC1CCC(C2CCC(c3ccc(C)cc3)CC2)CC1.CCCC1CCC(c2ccc(OCC)c(F)c2F)CC1.CCCCCc1ccc(-c2ccc(C)cc2)cc1.CCCCOc1ccc(-c2ccc(C3CCC(CCC)CC3)cc2)c(F)c1F. The third kappa shape index (κ3) is 28.8. The Morgan fingerprint density at radius 3 is 1.05 bits per heavy atom. The number of ether oxygens (including phenoxy) is 4. The zero-order valence-electron chi connectivity index (χ0n) is 73.2.